The van der Waals surface area contributed by atoms with Gasteiger partial charge in [0.25, 0.3) is 0 Å². The highest BCUT2D eigenvalue weighted by molar-refractivity contribution is 7.56. The third-order valence-electron chi connectivity index (χ3n) is 3.92. The van der Waals surface area contributed by atoms with Crippen LogP contribution in [0.5, 0.6) is 11.6 Å². The quantitative estimate of drug-likeness (QED) is 0.288. The molecule has 0 fully saturated rings. The normalized spacial score (nSPS) is 10.9. The molecule has 1 N–H and O–H groups in total. The van der Waals surface area contributed by atoms with Crippen LogP contribution >= 0.6 is 0 Å². The summed E-state index contributed by atoms with van der Waals surface area (Å²) >= 11 is 0.227. The van der Waals surface area contributed by atoms with E-state index in [-0.39, 0.29) is 27.5 Å². The van der Waals surface area contributed by atoms with Gasteiger partial charge in [-0.25, -0.2) is 9.00 Å². The predicted molar refractivity (Wildman–Crippen MR) is 109 cm³/mol. The number of para-hydroxylation sites is 1. The number of benzene rings is 2. The maximum atomic E-state index is 12.2. The Labute approximate surface area is 170 Å². The highest BCUT2D eigenvalue weighted by atomic mass is 32.1. The van der Waals surface area contributed by atoms with Crippen molar-refractivity contribution in [3.63, 3.8) is 0 Å². The molecule has 3 rings (SSSR count). The van der Waals surface area contributed by atoms with E-state index >= 15 is 0 Å². The number of carbonyl (C=O) groups excluding carboxylic acids is 1. The number of carbonyl (C=O) groups is 1. The Morgan fingerprint density at radius 3 is 2.48 bits per heavy atom. The molecule has 8 heteroatoms. The van der Waals surface area contributed by atoms with E-state index in [1.54, 1.807) is 30.3 Å². The minimum atomic E-state index is -0.571. The summed E-state index contributed by atoms with van der Waals surface area (Å²) < 4.78 is 27.3. The van der Waals surface area contributed by atoms with Crippen LogP contribution in [0, 0.1) is 4.77 Å². The summed E-state index contributed by atoms with van der Waals surface area (Å²) in [6, 6.07) is 18.1. The fourth-order valence-electron chi connectivity index (χ4n) is 2.64. The molecule has 0 amide bonds. The fourth-order valence-corrected chi connectivity index (χ4v) is 2.92. The number of H-pyrrole nitrogens is 1. The van der Waals surface area contributed by atoms with E-state index in [2.05, 4.69) is 9.97 Å². The van der Waals surface area contributed by atoms with Crippen molar-refractivity contribution in [3.05, 3.63) is 77.3 Å². The zero-order valence-corrected chi connectivity index (χ0v) is 16.6. The summed E-state index contributed by atoms with van der Waals surface area (Å²) in [5, 5.41) is 0. The summed E-state index contributed by atoms with van der Waals surface area (Å²) in [4.78, 5) is 19.3. The number of aromatic amines is 1. The lowest BCUT2D eigenvalue weighted by Gasteiger charge is -2.12. The van der Waals surface area contributed by atoms with Gasteiger partial charge in [-0.3, -0.25) is 0 Å². The van der Waals surface area contributed by atoms with Crippen LogP contribution < -0.4 is 4.74 Å². The topological polar surface area (TPSA) is 90.5 Å². The summed E-state index contributed by atoms with van der Waals surface area (Å²) in [7, 11) is 2.72. The molecule has 29 heavy (non-hydrogen) atoms. The smallest absolute Gasteiger partial charge is 0.341 e. The first-order valence-corrected chi connectivity index (χ1v) is 9.28. The van der Waals surface area contributed by atoms with Crippen molar-refractivity contribution >= 4 is 22.8 Å². The summed E-state index contributed by atoms with van der Waals surface area (Å²) in [6.45, 7) is 0. The number of rotatable bonds is 6. The van der Waals surface area contributed by atoms with Crippen molar-refractivity contribution in [3.8, 4) is 22.9 Å². The lowest BCUT2D eigenvalue weighted by Crippen LogP contribution is -2.06. The number of methoxy groups -OCH3 is 2. The van der Waals surface area contributed by atoms with Gasteiger partial charge in [0.2, 0.25) is 10.7 Å². The molecular formula is C21H18N2O5S. The third-order valence-corrected chi connectivity index (χ3v) is 4.27. The van der Waals surface area contributed by atoms with Gasteiger partial charge in [0.1, 0.15) is 22.6 Å². The standard InChI is InChI=1S/C21H18N2O5S/c1-26-13-16(20(24)27-2)15-10-6-7-11-18(15)28-19-12-17(22-21(23-19)29-25)14-8-4-3-5-9-14/h3-13,22H,1-2H3. The number of ether oxygens (including phenoxy) is 3. The molecule has 3 aromatic rings. The minimum absolute atomic E-state index is 0.152. The molecule has 0 bridgehead atoms. The molecule has 0 radical (unpaired) electrons. The molecule has 0 spiro atoms. The third kappa shape index (κ3) is 4.80. The Morgan fingerprint density at radius 2 is 1.79 bits per heavy atom. The molecule has 0 saturated heterocycles. The monoisotopic (exact) mass is 410 g/mol. The van der Waals surface area contributed by atoms with E-state index < -0.39 is 5.97 Å². The first kappa shape index (κ1) is 20.1. The molecule has 0 aliphatic heterocycles. The highest BCUT2D eigenvalue weighted by Gasteiger charge is 2.18. The van der Waals surface area contributed by atoms with Crippen molar-refractivity contribution in [2.24, 2.45) is 0 Å². The second kappa shape index (κ2) is 9.52. The van der Waals surface area contributed by atoms with Gasteiger partial charge in [0, 0.05) is 11.6 Å². The second-order valence-corrected chi connectivity index (χ2v) is 6.30. The van der Waals surface area contributed by atoms with Crippen molar-refractivity contribution in [2.75, 3.05) is 14.2 Å². The number of hydrogen-bond donors (Lipinski definition) is 1. The first-order valence-electron chi connectivity index (χ1n) is 8.54. The molecule has 0 unspecified atom stereocenters. The number of nitrogens with one attached hydrogen (secondary N) is 1. The Balaban J connectivity index is 2.07. The largest absolute Gasteiger partial charge is 0.503 e. The molecule has 1 heterocycles. The zero-order chi connectivity index (χ0) is 20.6. The molecule has 0 saturated carbocycles. The molecule has 1 aromatic heterocycles. The van der Waals surface area contributed by atoms with Gasteiger partial charge < -0.3 is 19.2 Å². The molecule has 0 atom stereocenters. The number of aromatic nitrogens is 2. The lowest BCUT2D eigenvalue weighted by atomic mass is 10.1. The Bertz CT molecular complexity index is 1140. The second-order valence-electron chi connectivity index (χ2n) is 5.74. The maximum Gasteiger partial charge on any atom is 0.341 e. The van der Waals surface area contributed by atoms with Gasteiger partial charge in [0.15, 0.2) is 0 Å². The summed E-state index contributed by atoms with van der Waals surface area (Å²) in [5.74, 6) is -0.00571. The van der Waals surface area contributed by atoms with Gasteiger partial charge in [-0.1, -0.05) is 48.5 Å². The van der Waals surface area contributed by atoms with Crippen molar-refractivity contribution in [1.29, 1.82) is 0 Å². The van der Waals surface area contributed by atoms with Crippen molar-refractivity contribution < 1.29 is 23.2 Å². The van der Waals surface area contributed by atoms with E-state index in [1.165, 1.54) is 20.5 Å². The van der Waals surface area contributed by atoms with Gasteiger partial charge in [-0.15, -0.1) is 0 Å². The molecule has 0 aliphatic rings. The summed E-state index contributed by atoms with van der Waals surface area (Å²) in [5.41, 5.74) is 2.20. The van der Waals surface area contributed by atoms with Crippen LogP contribution in [0.2, 0.25) is 0 Å². The predicted octanol–water partition coefficient (Wildman–Crippen LogP) is 3.77. The lowest BCUT2D eigenvalue weighted by molar-refractivity contribution is -0.133. The zero-order valence-electron chi connectivity index (χ0n) is 15.7. The summed E-state index contributed by atoms with van der Waals surface area (Å²) in [6.07, 6.45) is 1.29. The minimum Gasteiger partial charge on any atom is -0.503 e. The Kier molecular flexibility index (Phi) is 6.59. The van der Waals surface area contributed by atoms with Gasteiger partial charge in [-0.05, 0) is 11.6 Å². The van der Waals surface area contributed by atoms with E-state index in [4.69, 9.17) is 14.2 Å². The average Bonchev–Trinajstić information content (AvgIpc) is 2.78. The Hall–Kier alpha value is -3.65. The van der Waals surface area contributed by atoms with Crippen LogP contribution in [-0.2, 0) is 25.5 Å². The molecular weight excluding hydrogens is 392 g/mol. The van der Waals surface area contributed by atoms with E-state index in [9.17, 15) is 9.00 Å². The highest BCUT2D eigenvalue weighted by Crippen LogP contribution is 2.31. The van der Waals surface area contributed by atoms with Crippen LogP contribution in [0.15, 0.2) is 66.9 Å². The Morgan fingerprint density at radius 1 is 1.07 bits per heavy atom. The maximum absolute atomic E-state index is 12.2. The van der Waals surface area contributed by atoms with Crippen LogP contribution in [-0.4, -0.2) is 34.4 Å². The van der Waals surface area contributed by atoms with Crippen molar-refractivity contribution in [1.82, 2.24) is 9.97 Å². The van der Waals surface area contributed by atoms with Gasteiger partial charge in [0.05, 0.1) is 26.2 Å². The van der Waals surface area contributed by atoms with E-state index in [0.717, 1.165) is 5.56 Å². The number of hydrogen-bond acceptors (Lipinski definition) is 6. The molecule has 7 nitrogen and oxygen atoms in total. The SMILES string of the molecule is COC=C(C(=O)OC)c1ccccc1Oc1cc(-c2ccccc2)[nH]c(=S=O)n1. The van der Waals surface area contributed by atoms with Crippen LogP contribution in [0.25, 0.3) is 16.8 Å². The average molecular weight is 410 g/mol. The van der Waals surface area contributed by atoms with Gasteiger partial charge >= 0.3 is 5.97 Å². The van der Waals surface area contributed by atoms with E-state index in [1.807, 2.05) is 30.3 Å². The van der Waals surface area contributed by atoms with Crippen LogP contribution in [0.3, 0.4) is 0 Å². The molecule has 2 aromatic carbocycles. The fraction of sp³-hybridized carbons (Fsp3) is 0.0952. The van der Waals surface area contributed by atoms with Crippen molar-refractivity contribution in [2.45, 2.75) is 0 Å². The van der Waals surface area contributed by atoms with E-state index in [0.29, 0.717) is 17.0 Å². The van der Waals surface area contributed by atoms with Gasteiger partial charge in [-0.2, -0.15) is 4.98 Å². The number of nitrogens with zero attached hydrogens (tertiary/aromatic N) is 1. The number of esters is 1. The van der Waals surface area contributed by atoms with Crippen LogP contribution in [0.1, 0.15) is 5.56 Å². The van der Waals surface area contributed by atoms with Crippen LogP contribution in [0.4, 0.5) is 0 Å². The first-order chi connectivity index (χ1) is 14.2. The molecule has 0 aliphatic carbocycles. The molecule has 148 valence electrons.